The lowest BCUT2D eigenvalue weighted by molar-refractivity contribution is 0.397. The minimum atomic E-state index is -0.344. The predicted octanol–water partition coefficient (Wildman–Crippen LogP) is 2.90. The third-order valence-electron chi connectivity index (χ3n) is 2.41. The number of hydrogen-bond acceptors (Lipinski definition) is 3. The van der Waals surface area contributed by atoms with Crippen molar-refractivity contribution in [1.82, 2.24) is 4.98 Å². The zero-order valence-electron chi connectivity index (χ0n) is 9.61. The molecule has 0 aliphatic rings. The minimum absolute atomic E-state index is 0.344. The molecule has 1 heterocycles. The van der Waals surface area contributed by atoms with E-state index in [9.17, 15) is 4.39 Å². The molecule has 17 heavy (non-hydrogen) atoms. The van der Waals surface area contributed by atoms with Gasteiger partial charge in [-0.2, -0.15) is 0 Å². The summed E-state index contributed by atoms with van der Waals surface area (Å²) in [7, 11) is 3.11. The van der Waals surface area contributed by atoms with Gasteiger partial charge in [0.1, 0.15) is 17.3 Å². The summed E-state index contributed by atoms with van der Waals surface area (Å²) in [6.07, 6.45) is 1.41. The maximum atomic E-state index is 13.2. The minimum Gasteiger partial charge on any atom is -0.496 e. The lowest BCUT2D eigenvalue weighted by atomic mass is 10.1. The van der Waals surface area contributed by atoms with Crippen LogP contribution in [-0.4, -0.2) is 19.2 Å². The summed E-state index contributed by atoms with van der Waals surface area (Å²) < 4.78 is 23.7. The Labute approximate surface area is 98.8 Å². The molecule has 3 nitrogen and oxygen atoms in total. The van der Waals surface area contributed by atoms with Crippen LogP contribution in [0.2, 0.25) is 0 Å². The van der Waals surface area contributed by atoms with E-state index in [-0.39, 0.29) is 5.82 Å². The molecule has 0 aliphatic heterocycles. The number of pyridine rings is 1. The van der Waals surface area contributed by atoms with Crippen LogP contribution in [-0.2, 0) is 0 Å². The summed E-state index contributed by atoms with van der Waals surface area (Å²) in [6.45, 7) is 0. The maximum absolute atomic E-state index is 13.2. The number of ether oxygens (including phenoxy) is 2. The summed E-state index contributed by atoms with van der Waals surface area (Å²) in [4.78, 5) is 4.13. The molecule has 0 saturated carbocycles. The number of halogens is 1. The van der Waals surface area contributed by atoms with Crippen LogP contribution in [0.1, 0.15) is 0 Å². The molecule has 0 unspecified atom stereocenters. The largest absolute Gasteiger partial charge is 0.496 e. The van der Waals surface area contributed by atoms with E-state index >= 15 is 0 Å². The first-order valence-corrected chi connectivity index (χ1v) is 5.09. The summed E-state index contributed by atoms with van der Waals surface area (Å²) in [5.74, 6) is 0.854. The standard InChI is InChI=1S/C13H12FNO2/c1-16-11-4-3-5-12(17-2)13(11)10-8-9(14)6-7-15-10/h3-8H,1-2H3. The fraction of sp³-hybridized carbons (Fsp3) is 0.154. The molecule has 0 radical (unpaired) electrons. The van der Waals surface area contributed by atoms with Gasteiger partial charge in [-0.3, -0.25) is 4.98 Å². The molecule has 1 aromatic heterocycles. The van der Waals surface area contributed by atoms with E-state index in [4.69, 9.17) is 9.47 Å². The van der Waals surface area contributed by atoms with Gasteiger partial charge in [-0.15, -0.1) is 0 Å². The Bertz CT molecular complexity index is 506. The fourth-order valence-corrected chi connectivity index (χ4v) is 1.65. The van der Waals surface area contributed by atoms with Crippen molar-refractivity contribution in [2.75, 3.05) is 14.2 Å². The first kappa shape index (κ1) is 11.4. The van der Waals surface area contributed by atoms with Gasteiger partial charge in [-0.1, -0.05) is 6.07 Å². The molecule has 88 valence electrons. The van der Waals surface area contributed by atoms with E-state index in [1.807, 2.05) is 0 Å². The molecule has 0 N–H and O–H groups in total. The van der Waals surface area contributed by atoms with Gasteiger partial charge in [0.15, 0.2) is 0 Å². The number of nitrogens with zero attached hydrogens (tertiary/aromatic N) is 1. The highest BCUT2D eigenvalue weighted by Gasteiger charge is 2.13. The molecular formula is C13H12FNO2. The SMILES string of the molecule is COc1cccc(OC)c1-c1cc(F)ccn1. The molecule has 0 saturated heterocycles. The van der Waals surface area contributed by atoms with E-state index in [0.29, 0.717) is 22.8 Å². The third kappa shape index (κ3) is 2.20. The van der Waals surface area contributed by atoms with Crippen molar-refractivity contribution in [1.29, 1.82) is 0 Å². The molecule has 0 spiro atoms. The van der Waals surface area contributed by atoms with E-state index in [1.165, 1.54) is 18.3 Å². The van der Waals surface area contributed by atoms with Gasteiger partial charge in [0.05, 0.1) is 25.5 Å². The van der Waals surface area contributed by atoms with Crippen LogP contribution in [0.4, 0.5) is 4.39 Å². The Kier molecular flexibility index (Phi) is 3.23. The first-order valence-electron chi connectivity index (χ1n) is 5.09. The van der Waals surface area contributed by atoms with Crippen molar-refractivity contribution in [2.24, 2.45) is 0 Å². The Hall–Kier alpha value is -2.10. The Morgan fingerprint density at radius 2 is 1.71 bits per heavy atom. The summed E-state index contributed by atoms with van der Waals surface area (Å²) in [5.41, 5.74) is 1.14. The lowest BCUT2D eigenvalue weighted by Crippen LogP contribution is -1.94. The second-order valence-corrected chi connectivity index (χ2v) is 3.40. The van der Waals surface area contributed by atoms with E-state index in [2.05, 4.69) is 4.98 Å². The van der Waals surface area contributed by atoms with Gasteiger partial charge in [-0.05, 0) is 18.2 Å². The average Bonchev–Trinajstić information content (AvgIpc) is 2.37. The van der Waals surface area contributed by atoms with Crippen LogP contribution in [0.15, 0.2) is 36.5 Å². The van der Waals surface area contributed by atoms with Crippen LogP contribution in [0, 0.1) is 5.82 Å². The smallest absolute Gasteiger partial charge is 0.132 e. The van der Waals surface area contributed by atoms with Gasteiger partial charge >= 0.3 is 0 Å². The van der Waals surface area contributed by atoms with Crippen molar-refractivity contribution in [2.45, 2.75) is 0 Å². The van der Waals surface area contributed by atoms with E-state index in [1.54, 1.807) is 32.4 Å². The molecule has 4 heteroatoms. The van der Waals surface area contributed by atoms with E-state index < -0.39 is 0 Å². The quantitative estimate of drug-likeness (QED) is 0.816. The van der Waals surface area contributed by atoms with Crippen LogP contribution in [0.5, 0.6) is 11.5 Å². The van der Waals surface area contributed by atoms with Crippen LogP contribution >= 0.6 is 0 Å². The predicted molar refractivity (Wildman–Crippen MR) is 62.7 cm³/mol. The number of benzene rings is 1. The normalized spacial score (nSPS) is 10.1. The Balaban J connectivity index is 2.64. The Morgan fingerprint density at radius 1 is 1.06 bits per heavy atom. The second kappa shape index (κ2) is 4.82. The van der Waals surface area contributed by atoms with Crippen molar-refractivity contribution < 1.29 is 13.9 Å². The molecule has 0 aliphatic carbocycles. The van der Waals surface area contributed by atoms with Crippen molar-refractivity contribution in [3.63, 3.8) is 0 Å². The van der Waals surface area contributed by atoms with Crippen LogP contribution in [0.3, 0.4) is 0 Å². The maximum Gasteiger partial charge on any atom is 0.132 e. The number of aromatic nitrogens is 1. The zero-order chi connectivity index (χ0) is 12.3. The first-order chi connectivity index (χ1) is 8.26. The third-order valence-corrected chi connectivity index (χ3v) is 2.41. The van der Waals surface area contributed by atoms with Gasteiger partial charge in [0.2, 0.25) is 0 Å². The van der Waals surface area contributed by atoms with Crippen LogP contribution < -0.4 is 9.47 Å². The molecule has 0 fully saturated rings. The number of methoxy groups -OCH3 is 2. The van der Waals surface area contributed by atoms with Crippen molar-refractivity contribution in [3.8, 4) is 22.8 Å². The van der Waals surface area contributed by atoms with Gasteiger partial charge in [0, 0.05) is 12.3 Å². The van der Waals surface area contributed by atoms with Gasteiger partial charge in [-0.25, -0.2) is 4.39 Å². The second-order valence-electron chi connectivity index (χ2n) is 3.40. The molecule has 2 rings (SSSR count). The highest BCUT2D eigenvalue weighted by atomic mass is 19.1. The monoisotopic (exact) mass is 233 g/mol. The topological polar surface area (TPSA) is 31.4 Å². The molecule has 0 amide bonds. The number of rotatable bonds is 3. The Morgan fingerprint density at radius 3 is 2.24 bits per heavy atom. The highest BCUT2D eigenvalue weighted by Crippen LogP contribution is 2.36. The summed E-state index contributed by atoms with van der Waals surface area (Å²) in [5, 5.41) is 0. The highest BCUT2D eigenvalue weighted by molar-refractivity contribution is 5.74. The van der Waals surface area contributed by atoms with Gasteiger partial charge < -0.3 is 9.47 Å². The fourth-order valence-electron chi connectivity index (χ4n) is 1.65. The van der Waals surface area contributed by atoms with Crippen molar-refractivity contribution >= 4 is 0 Å². The van der Waals surface area contributed by atoms with Crippen LogP contribution in [0.25, 0.3) is 11.3 Å². The molecule has 2 aromatic rings. The molecule has 1 aromatic carbocycles. The zero-order valence-corrected chi connectivity index (χ0v) is 9.61. The summed E-state index contributed by atoms with van der Waals surface area (Å²) in [6, 6.07) is 8.01. The van der Waals surface area contributed by atoms with Gasteiger partial charge in [0.25, 0.3) is 0 Å². The number of hydrogen-bond donors (Lipinski definition) is 0. The average molecular weight is 233 g/mol. The van der Waals surface area contributed by atoms with E-state index in [0.717, 1.165) is 0 Å². The summed E-state index contributed by atoms with van der Waals surface area (Å²) >= 11 is 0. The lowest BCUT2D eigenvalue weighted by Gasteiger charge is -2.12. The molecular weight excluding hydrogens is 221 g/mol. The molecule has 0 atom stereocenters. The van der Waals surface area contributed by atoms with Crippen molar-refractivity contribution in [3.05, 3.63) is 42.3 Å². The molecule has 0 bridgehead atoms.